The van der Waals surface area contributed by atoms with Gasteiger partial charge in [-0.2, -0.15) is 0 Å². The zero-order valence-electron chi connectivity index (χ0n) is 15.0. The van der Waals surface area contributed by atoms with Gasteiger partial charge in [-0.25, -0.2) is 0 Å². The first-order valence-corrected chi connectivity index (χ1v) is 10.1. The van der Waals surface area contributed by atoms with E-state index in [4.69, 9.17) is 0 Å². The summed E-state index contributed by atoms with van der Waals surface area (Å²) in [6.45, 7) is 9.81. The third kappa shape index (κ3) is 3.38. The van der Waals surface area contributed by atoms with Gasteiger partial charge in [-0.15, -0.1) is 0 Å². The van der Waals surface area contributed by atoms with Crippen molar-refractivity contribution in [1.82, 2.24) is 0 Å². The minimum atomic E-state index is -3.30. The lowest BCUT2D eigenvalue weighted by molar-refractivity contribution is 0.103. The second-order valence-corrected chi connectivity index (χ2v) is 8.79. The van der Waals surface area contributed by atoms with Gasteiger partial charge in [0.05, 0.1) is 0 Å². The molecule has 0 amide bonds. The maximum atomic E-state index is 13.0. The molecule has 2 rings (SSSR count). The monoisotopic (exact) mass is 344 g/mol. The van der Waals surface area contributed by atoms with Crippen molar-refractivity contribution in [2.45, 2.75) is 41.0 Å². The largest absolute Gasteiger partial charge is 0.341 e. The van der Waals surface area contributed by atoms with E-state index >= 15 is 0 Å². The first-order valence-electron chi connectivity index (χ1n) is 8.29. The number of aryl methyl sites for hydroxylation is 2. The zero-order valence-corrected chi connectivity index (χ0v) is 15.9. The maximum absolute atomic E-state index is 13.0. The Bertz CT molecular complexity index is 820. The van der Waals surface area contributed by atoms with Crippen molar-refractivity contribution in [3.63, 3.8) is 0 Å². The third-order valence-electron chi connectivity index (χ3n) is 4.67. The summed E-state index contributed by atoms with van der Waals surface area (Å²) in [5.74, 6) is -0.0319. The van der Waals surface area contributed by atoms with Crippen LogP contribution in [0.1, 0.15) is 52.0 Å². The number of carbonyl (C=O) groups excluding carboxylic acids is 1. The highest BCUT2D eigenvalue weighted by Gasteiger charge is 2.21. The van der Waals surface area contributed by atoms with E-state index in [1.54, 1.807) is 31.2 Å². The molecule has 24 heavy (non-hydrogen) atoms. The molecule has 2 aromatic carbocycles. The van der Waals surface area contributed by atoms with Crippen LogP contribution in [-0.4, -0.2) is 16.8 Å². The first-order chi connectivity index (χ1) is 11.2. The van der Waals surface area contributed by atoms with Gasteiger partial charge in [-0.3, -0.25) is 9.36 Å². The van der Waals surface area contributed by atoms with E-state index < -0.39 is 7.37 Å². The Morgan fingerprint density at radius 3 is 2.12 bits per heavy atom. The smallest absolute Gasteiger partial charge is 0.229 e. The SMILES string of the molecule is CCc1c(C)cc(C)c(C(=O)c2ccc(P(=O)(O)CC)cc2)c1C. The van der Waals surface area contributed by atoms with E-state index in [2.05, 4.69) is 19.9 Å². The summed E-state index contributed by atoms with van der Waals surface area (Å²) < 4.78 is 12.0. The zero-order chi connectivity index (χ0) is 18.1. The lowest BCUT2D eigenvalue weighted by Crippen LogP contribution is -2.12. The summed E-state index contributed by atoms with van der Waals surface area (Å²) in [7, 11) is -3.30. The molecule has 0 saturated carbocycles. The standard InChI is InChI=1S/C20H25O3P/c1-6-18-13(3)12-14(4)19(15(18)5)20(21)16-8-10-17(11-9-16)24(22,23)7-2/h8-12H,6-7H2,1-5H3,(H,22,23). The summed E-state index contributed by atoms with van der Waals surface area (Å²) in [6.07, 6.45) is 1.08. The Labute approximate surface area is 144 Å². The quantitative estimate of drug-likeness (QED) is 0.649. The Morgan fingerprint density at radius 2 is 1.62 bits per heavy atom. The molecular formula is C20H25O3P. The van der Waals surface area contributed by atoms with Gasteiger partial charge in [0.15, 0.2) is 5.78 Å². The van der Waals surface area contributed by atoms with Crippen LogP contribution in [0, 0.1) is 20.8 Å². The van der Waals surface area contributed by atoms with Crippen molar-refractivity contribution in [3.05, 3.63) is 63.7 Å². The van der Waals surface area contributed by atoms with Gasteiger partial charge in [0.2, 0.25) is 7.37 Å². The lowest BCUT2D eigenvalue weighted by atomic mass is 9.88. The normalized spacial score (nSPS) is 13.6. The molecule has 1 N–H and O–H groups in total. The predicted molar refractivity (Wildman–Crippen MR) is 99.9 cm³/mol. The topological polar surface area (TPSA) is 54.4 Å². The average Bonchev–Trinajstić information content (AvgIpc) is 2.54. The molecule has 4 heteroatoms. The Morgan fingerprint density at radius 1 is 1.04 bits per heavy atom. The van der Waals surface area contributed by atoms with Gasteiger partial charge in [0.1, 0.15) is 0 Å². The van der Waals surface area contributed by atoms with Crippen LogP contribution >= 0.6 is 7.37 Å². The molecule has 0 fully saturated rings. The van der Waals surface area contributed by atoms with Crippen molar-refractivity contribution >= 4 is 18.5 Å². The van der Waals surface area contributed by atoms with Gasteiger partial charge in [-0.1, -0.05) is 32.0 Å². The molecule has 0 aliphatic rings. The molecule has 128 valence electrons. The fourth-order valence-electron chi connectivity index (χ4n) is 3.29. The molecule has 0 radical (unpaired) electrons. The summed E-state index contributed by atoms with van der Waals surface area (Å²) in [5.41, 5.74) is 5.72. The van der Waals surface area contributed by atoms with Crippen LogP contribution in [0.2, 0.25) is 0 Å². The van der Waals surface area contributed by atoms with E-state index in [-0.39, 0.29) is 11.9 Å². The Hall–Kier alpha value is -1.70. The number of hydrogen-bond acceptors (Lipinski definition) is 2. The summed E-state index contributed by atoms with van der Waals surface area (Å²) in [6, 6.07) is 8.56. The van der Waals surface area contributed by atoms with E-state index in [0.29, 0.717) is 10.9 Å². The fraction of sp³-hybridized carbons (Fsp3) is 0.350. The number of benzene rings is 2. The summed E-state index contributed by atoms with van der Waals surface area (Å²) in [4.78, 5) is 22.9. The number of rotatable bonds is 5. The summed E-state index contributed by atoms with van der Waals surface area (Å²) in [5, 5.41) is 0.396. The van der Waals surface area contributed by atoms with Gasteiger partial charge in [0, 0.05) is 22.6 Å². The van der Waals surface area contributed by atoms with Gasteiger partial charge >= 0.3 is 0 Å². The van der Waals surface area contributed by atoms with Gasteiger partial charge in [0.25, 0.3) is 0 Å². The number of ketones is 1. The van der Waals surface area contributed by atoms with E-state index in [1.165, 1.54) is 11.1 Å². The molecule has 0 bridgehead atoms. The van der Waals surface area contributed by atoms with Crippen LogP contribution in [-0.2, 0) is 11.0 Å². The lowest BCUT2D eigenvalue weighted by Gasteiger charge is -2.16. The van der Waals surface area contributed by atoms with Crippen molar-refractivity contribution in [2.24, 2.45) is 0 Å². The molecular weight excluding hydrogens is 319 g/mol. The second kappa shape index (κ2) is 7.04. The highest BCUT2D eigenvalue weighted by Crippen LogP contribution is 2.38. The van der Waals surface area contributed by atoms with E-state index in [0.717, 1.165) is 23.1 Å². The molecule has 0 heterocycles. The Balaban J connectivity index is 2.49. The van der Waals surface area contributed by atoms with Crippen molar-refractivity contribution in [3.8, 4) is 0 Å². The van der Waals surface area contributed by atoms with Crippen molar-refractivity contribution in [1.29, 1.82) is 0 Å². The van der Waals surface area contributed by atoms with Crippen LogP contribution < -0.4 is 5.30 Å². The van der Waals surface area contributed by atoms with E-state index in [1.807, 2.05) is 13.8 Å². The predicted octanol–water partition coefficient (Wildman–Crippen LogP) is 4.32. The molecule has 0 saturated heterocycles. The summed E-state index contributed by atoms with van der Waals surface area (Å²) >= 11 is 0. The van der Waals surface area contributed by atoms with Crippen molar-refractivity contribution < 1.29 is 14.3 Å². The van der Waals surface area contributed by atoms with Crippen LogP contribution in [0.25, 0.3) is 0 Å². The third-order valence-corrected chi connectivity index (χ3v) is 6.64. The number of hydrogen-bond donors (Lipinski definition) is 1. The van der Waals surface area contributed by atoms with E-state index in [9.17, 15) is 14.3 Å². The number of carbonyl (C=O) groups is 1. The second-order valence-electron chi connectivity index (χ2n) is 6.24. The average molecular weight is 344 g/mol. The molecule has 2 aromatic rings. The van der Waals surface area contributed by atoms with Crippen LogP contribution in [0.5, 0.6) is 0 Å². The molecule has 0 aliphatic carbocycles. The molecule has 1 atom stereocenters. The maximum Gasteiger partial charge on any atom is 0.229 e. The molecule has 0 spiro atoms. The minimum Gasteiger partial charge on any atom is -0.341 e. The molecule has 1 unspecified atom stereocenters. The Kier molecular flexibility index (Phi) is 5.47. The highest BCUT2D eigenvalue weighted by atomic mass is 31.2. The highest BCUT2D eigenvalue weighted by molar-refractivity contribution is 7.66. The first kappa shape index (κ1) is 18.6. The van der Waals surface area contributed by atoms with Crippen LogP contribution in [0.3, 0.4) is 0 Å². The molecule has 0 aromatic heterocycles. The van der Waals surface area contributed by atoms with Gasteiger partial charge in [-0.05, 0) is 61.6 Å². The van der Waals surface area contributed by atoms with Crippen LogP contribution in [0.4, 0.5) is 0 Å². The minimum absolute atomic E-state index is 0.0319. The molecule has 3 nitrogen and oxygen atoms in total. The fourth-order valence-corrected chi connectivity index (χ4v) is 4.27. The molecule has 0 aliphatic heterocycles. The van der Waals surface area contributed by atoms with Crippen LogP contribution in [0.15, 0.2) is 30.3 Å². The van der Waals surface area contributed by atoms with Crippen molar-refractivity contribution in [2.75, 3.05) is 6.16 Å². The van der Waals surface area contributed by atoms with Gasteiger partial charge < -0.3 is 4.89 Å².